The molecule has 0 aromatic carbocycles. The fraction of sp³-hybridized carbons (Fsp3) is 1.00. The molecule has 1 N–H and O–H groups in total. The van der Waals surface area contributed by atoms with Gasteiger partial charge >= 0.3 is 0 Å². The van der Waals surface area contributed by atoms with Crippen molar-refractivity contribution in [1.82, 2.24) is 15.1 Å². The Bertz CT molecular complexity index is 256. The monoisotopic (exact) mass is 267 g/mol. The second-order valence-electron chi connectivity index (χ2n) is 6.44. The Morgan fingerprint density at radius 2 is 2.11 bits per heavy atom. The average Bonchev–Trinajstić information content (AvgIpc) is 2.84. The van der Waals surface area contributed by atoms with Crippen molar-refractivity contribution in [3.8, 4) is 0 Å². The van der Waals surface area contributed by atoms with Crippen LogP contribution >= 0.6 is 0 Å². The van der Waals surface area contributed by atoms with E-state index < -0.39 is 0 Å². The standard InChI is InChI=1S/C16H33N3/c1-4-15(17-5-2)8-6-10-18-13-16-9-7-11-19(16)12-14(18)3/h14-17H,4-13H2,1-3H3. The lowest BCUT2D eigenvalue weighted by molar-refractivity contribution is 0.0578. The molecule has 3 heteroatoms. The molecule has 2 fully saturated rings. The molecule has 0 saturated carbocycles. The first-order valence-electron chi connectivity index (χ1n) is 8.46. The molecular formula is C16H33N3. The van der Waals surface area contributed by atoms with Gasteiger partial charge in [-0.1, -0.05) is 13.8 Å². The van der Waals surface area contributed by atoms with Gasteiger partial charge in [0.15, 0.2) is 0 Å². The van der Waals surface area contributed by atoms with Gasteiger partial charge in [0.25, 0.3) is 0 Å². The molecule has 2 aliphatic rings. The summed E-state index contributed by atoms with van der Waals surface area (Å²) >= 11 is 0. The molecule has 2 saturated heterocycles. The molecule has 0 aromatic heterocycles. The zero-order valence-corrected chi connectivity index (χ0v) is 13.2. The fourth-order valence-corrected chi connectivity index (χ4v) is 3.84. The molecule has 0 radical (unpaired) electrons. The number of nitrogens with zero attached hydrogens (tertiary/aromatic N) is 2. The van der Waals surface area contributed by atoms with Crippen molar-refractivity contribution >= 4 is 0 Å². The lowest BCUT2D eigenvalue weighted by atomic mass is 10.1. The highest BCUT2D eigenvalue weighted by Gasteiger charge is 2.33. The summed E-state index contributed by atoms with van der Waals surface area (Å²) in [5.74, 6) is 0. The Hall–Kier alpha value is -0.120. The third-order valence-corrected chi connectivity index (χ3v) is 5.05. The molecule has 3 nitrogen and oxygen atoms in total. The zero-order chi connectivity index (χ0) is 13.7. The number of hydrogen-bond donors (Lipinski definition) is 1. The Kier molecular flexibility index (Phi) is 6.11. The Balaban J connectivity index is 1.70. The first kappa shape index (κ1) is 15.3. The molecule has 2 rings (SSSR count). The van der Waals surface area contributed by atoms with Crippen molar-refractivity contribution in [1.29, 1.82) is 0 Å². The van der Waals surface area contributed by atoms with Gasteiger partial charge in [0.2, 0.25) is 0 Å². The highest BCUT2D eigenvalue weighted by Crippen LogP contribution is 2.24. The molecular weight excluding hydrogens is 234 g/mol. The third kappa shape index (κ3) is 4.17. The Morgan fingerprint density at radius 3 is 2.84 bits per heavy atom. The van der Waals surface area contributed by atoms with Gasteiger partial charge in [-0.25, -0.2) is 0 Å². The van der Waals surface area contributed by atoms with Crippen molar-refractivity contribution in [3.63, 3.8) is 0 Å². The molecule has 3 unspecified atom stereocenters. The maximum atomic E-state index is 3.59. The van der Waals surface area contributed by atoms with Crippen LogP contribution < -0.4 is 5.32 Å². The molecule has 112 valence electrons. The summed E-state index contributed by atoms with van der Waals surface area (Å²) in [5, 5.41) is 3.59. The molecule has 0 aromatic rings. The summed E-state index contributed by atoms with van der Waals surface area (Å²) in [6, 6.07) is 2.36. The van der Waals surface area contributed by atoms with E-state index in [2.05, 4.69) is 35.9 Å². The lowest BCUT2D eigenvalue weighted by Gasteiger charge is -2.42. The van der Waals surface area contributed by atoms with E-state index in [1.54, 1.807) is 0 Å². The van der Waals surface area contributed by atoms with Crippen molar-refractivity contribution in [2.45, 2.75) is 71.0 Å². The highest BCUT2D eigenvalue weighted by molar-refractivity contribution is 4.90. The smallest absolute Gasteiger partial charge is 0.0224 e. The van der Waals surface area contributed by atoms with Crippen LogP contribution in [0.3, 0.4) is 0 Å². The maximum absolute atomic E-state index is 3.59. The van der Waals surface area contributed by atoms with Gasteiger partial charge in [0, 0.05) is 31.2 Å². The van der Waals surface area contributed by atoms with Crippen LogP contribution in [0.25, 0.3) is 0 Å². The maximum Gasteiger partial charge on any atom is 0.0224 e. The molecule has 0 aliphatic carbocycles. The lowest BCUT2D eigenvalue weighted by Crippen LogP contribution is -2.55. The Morgan fingerprint density at radius 1 is 1.26 bits per heavy atom. The summed E-state index contributed by atoms with van der Waals surface area (Å²) in [7, 11) is 0. The van der Waals surface area contributed by atoms with Crippen molar-refractivity contribution in [3.05, 3.63) is 0 Å². The van der Waals surface area contributed by atoms with Crippen molar-refractivity contribution in [2.75, 3.05) is 32.7 Å². The summed E-state index contributed by atoms with van der Waals surface area (Å²) in [5.41, 5.74) is 0. The minimum atomic E-state index is 0.730. The van der Waals surface area contributed by atoms with Gasteiger partial charge in [0.05, 0.1) is 0 Å². The minimum Gasteiger partial charge on any atom is -0.314 e. The zero-order valence-electron chi connectivity index (χ0n) is 13.2. The SMILES string of the molecule is CCNC(CC)CCCN1CC2CCCN2CC1C. The number of fused-ring (bicyclic) bond motifs is 1. The fourth-order valence-electron chi connectivity index (χ4n) is 3.84. The van der Waals surface area contributed by atoms with E-state index in [9.17, 15) is 0 Å². The molecule has 2 heterocycles. The van der Waals surface area contributed by atoms with Crippen LogP contribution in [-0.4, -0.2) is 60.6 Å². The van der Waals surface area contributed by atoms with Crippen LogP contribution in [0, 0.1) is 0 Å². The quantitative estimate of drug-likeness (QED) is 0.764. The second-order valence-corrected chi connectivity index (χ2v) is 6.44. The number of hydrogen-bond acceptors (Lipinski definition) is 3. The number of piperazine rings is 1. The largest absolute Gasteiger partial charge is 0.314 e. The van der Waals surface area contributed by atoms with Gasteiger partial charge < -0.3 is 5.32 Å². The third-order valence-electron chi connectivity index (χ3n) is 5.05. The van der Waals surface area contributed by atoms with Crippen LogP contribution in [0.5, 0.6) is 0 Å². The molecule has 2 aliphatic heterocycles. The average molecular weight is 267 g/mol. The predicted molar refractivity (Wildman–Crippen MR) is 82.6 cm³/mol. The molecule has 0 amide bonds. The predicted octanol–water partition coefficient (Wildman–Crippen LogP) is 2.32. The molecule has 19 heavy (non-hydrogen) atoms. The molecule has 3 atom stereocenters. The Labute approximate surface area is 119 Å². The van der Waals surface area contributed by atoms with Crippen LogP contribution in [0.15, 0.2) is 0 Å². The van der Waals surface area contributed by atoms with Gasteiger partial charge in [-0.3, -0.25) is 9.80 Å². The molecule has 0 bridgehead atoms. The summed E-state index contributed by atoms with van der Waals surface area (Å²) in [6.45, 7) is 13.3. The van der Waals surface area contributed by atoms with Crippen LogP contribution in [0.1, 0.15) is 52.9 Å². The van der Waals surface area contributed by atoms with E-state index in [-0.39, 0.29) is 0 Å². The second kappa shape index (κ2) is 7.61. The van der Waals surface area contributed by atoms with Gasteiger partial charge in [-0.15, -0.1) is 0 Å². The number of nitrogens with one attached hydrogen (secondary N) is 1. The van der Waals surface area contributed by atoms with Crippen molar-refractivity contribution in [2.24, 2.45) is 0 Å². The van der Waals surface area contributed by atoms with E-state index in [0.717, 1.165) is 24.7 Å². The minimum absolute atomic E-state index is 0.730. The van der Waals surface area contributed by atoms with E-state index in [0.29, 0.717) is 0 Å². The number of rotatable bonds is 7. The van der Waals surface area contributed by atoms with E-state index in [1.165, 1.54) is 58.3 Å². The van der Waals surface area contributed by atoms with Gasteiger partial charge in [0.1, 0.15) is 0 Å². The first-order valence-corrected chi connectivity index (χ1v) is 8.46. The highest BCUT2D eigenvalue weighted by atomic mass is 15.3. The van der Waals surface area contributed by atoms with E-state index in [4.69, 9.17) is 0 Å². The first-order chi connectivity index (χ1) is 9.24. The topological polar surface area (TPSA) is 18.5 Å². The molecule has 0 spiro atoms. The van der Waals surface area contributed by atoms with Gasteiger partial charge in [-0.05, 0) is 58.7 Å². The summed E-state index contributed by atoms with van der Waals surface area (Å²) in [6.07, 6.45) is 6.80. The van der Waals surface area contributed by atoms with Gasteiger partial charge in [-0.2, -0.15) is 0 Å². The summed E-state index contributed by atoms with van der Waals surface area (Å²) in [4.78, 5) is 5.46. The van der Waals surface area contributed by atoms with Crippen LogP contribution in [0.4, 0.5) is 0 Å². The summed E-state index contributed by atoms with van der Waals surface area (Å²) < 4.78 is 0. The van der Waals surface area contributed by atoms with Crippen LogP contribution in [0.2, 0.25) is 0 Å². The van der Waals surface area contributed by atoms with E-state index in [1.807, 2.05) is 0 Å². The van der Waals surface area contributed by atoms with E-state index >= 15 is 0 Å². The normalized spacial score (nSPS) is 30.5. The van der Waals surface area contributed by atoms with Crippen LogP contribution in [-0.2, 0) is 0 Å². The van der Waals surface area contributed by atoms with Crippen molar-refractivity contribution < 1.29 is 0 Å².